The predicted octanol–water partition coefficient (Wildman–Crippen LogP) is 5.14. The second kappa shape index (κ2) is 5.57. The summed E-state index contributed by atoms with van der Waals surface area (Å²) in [5.41, 5.74) is 2.27. The van der Waals surface area contributed by atoms with E-state index < -0.39 is 0 Å². The number of hydrogen-bond donors (Lipinski definition) is 1. The van der Waals surface area contributed by atoms with E-state index in [9.17, 15) is 0 Å². The SMILES string of the molecule is CC1(C)CC(NCc2cccc(Br)c2)CC(C)(C)C1. The fourth-order valence-electron chi connectivity index (χ4n) is 3.90. The summed E-state index contributed by atoms with van der Waals surface area (Å²) in [5, 5.41) is 3.76. The summed E-state index contributed by atoms with van der Waals surface area (Å²) in [6.07, 6.45) is 3.89. The smallest absolute Gasteiger partial charge is 0.0208 e. The van der Waals surface area contributed by atoms with Gasteiger partial charge in [0.1, 0.15) is 0 Å². The summed E-state index contributed by atoms with van der Waals surface area (Å²) in [6, 6.07) is 9.22. The maximum atomic E-state index is 3.76. The summed E-state index contributed by atoms with van der Waals surface area (Å²) in [7, 11) is 0. The topological polar surface area (TPSA) is 12.0 Å². The standard InChI is InChI=1S/C17H26BrN/c1-16(2)9-15(10-17(3,4)12-16)19-11-13-6-5-7-14(18)8-13/h5-8,15,19H,9-12H2,1-4H3. The molecule has 0 spiro atoms. The van der Waals surface area contributed by atoms with Gasteiger partial charge in [-0.15, -0.1) is 0 Å². The highest BCUT2D eigenvalue weighted by Gasteiger charge is 2.37. The lowest BCUT2D eigenvalue weighted by molar-refractivity contribution is 0.0845. The van der Waals surface area contributed by atoms with E-state index in [1.54, 1.807) is 0 Å². The maximum Gasteiger partial charge on any atom is 0.0208 e. The molecule has 0 radical (unpaired) electrons. The van der Waals surface area contributed by atoms with Gasteiger partial charge >= 0.3 is 0 Å². The normalized spacial score (nSPS) is 22.4. The third-order valence-corrected chi connectivity index (χ3v) is 4.53. The van der Waals surface area contributed by atoms with E-state index in [0.717, 1.165) is 11.0 Å². The van der Waals surface area contributed by atoms with Gasteiger partial charge in [-0.25, -0.2) is 0 Å². The second-order valence-electron chi connectivity index (χ2n) is 7.62. The molecule has 0 bridgehead atoms. The van der Waals surface area contributed by atoms with E-state index in [0.29, 0.717) is 16.9 Å². The van der Waals surface area contributed by atoms with E-state index in [1.165, 1.54) is 24.8 Å². The van der Waals surface area contributed by atoms with Gasteiger partial charge < -0.3 is 5.32 Å². The first-order valence-electron chi connectivity index (χ1n) is 7.24. The van der Waals surface area contributed by atoms with Crippen LogP contribution in [0.5, 0.6) is 0 Å². The van der Waals surface area contributed by atoms with Crippen LogP contribution >= 0.6 is 15.9 Å². The largest absolute Gasteiger partial charge is 0.310 e. The van der Waals surface area contributed by atoms with Gasteiger partial charge in [-0.05, 0) is 47.8 Å². The Kier molecular flexibility index (Phi) is 4.42. The highest BCUT2D eigenvalue weighted by Crippen LogP contribution is 2.45. The minimum atomic E-state index is 0.455. The molecule has 106 valence electrons. The van der Waals surface area contributed by atoms with Crippen molar-refractivity contribution in [3.8, 4) is 0 Å². The molecule has 2 heteroatoms. The van der Waals surface area contributed by atoms with Gasteiger partial charge in [0.05, 0.1) is 0 Å². The molecule has 1 aliphatic carbocycles. The summed E-state index contributed by atoms with van der Waals surface area (Å²) in [4.78, 5) is 0. The molecule has 1 N–H and O–H groups in total. The Balaban J connectivity index is 1.96. The van der Waals surface area contributed by atoms with Crippen molar-refractivity contribution in [2.45, 2.75) is 59.5 Å². The third-order valence-electron chi connectivity index (χ3n) is 4.04. The Hall–Kier alpha value is -0.340. The van der Waals surface area contributed by atoms with Crippen LogP contribution < -0.4 is 5.32 Å². The van der Waals surface area contributed by atoms with Crippen LogP contribution in [0.2, 0.25) is 0 Å². The first-order chi connectivity index (χ1) is 8.76. The molecule has 1 fully saturated rings. The number of rotatable bonds is 3. The highest BCUT2D eigenvalue weighted by molar-refractivity contribution is 9.10. The van der Waals surface area contributed by atoms with Crippen LogP contribution in [0.25, 0.3) is 0 Å². The number of benzene rings is 1. The van der Waals surface area contributed by atoms with Crippen molar-refractivity contribution in [3.63, 3.8) is 0 Å². The number of hydrogen-bond acceptors (Lipinski definition) is 1. The zero-order valence-electron chi connectivity index (χ0n) is 12.6. The average Bonchev–Trinajstić information content (AvgIpc) is 2.22. The summed E-state index contributed by atoms with van der Waals surface area (Å²) in [6.45, 7) is 10.6. The zero-order chi connectivity index (χ0) is 14.1. The van der Waals surface area contributed by atoms with Crippen molar-refractivity contribution in [1.29, 1.82) is 0 Å². The Morgan fingerprint density at radius 1 is 1.16 bits per heavy atom. The molecule has 0 heterocycles. The van der Waals surface area contributed by atoms with Gasteiger partial charge in [0.25, 0.3) is 0 Å². The minimum Gasteiger partial charge on any atom is -0.310 e. The van der Waals surface area contributed by atoms with Crippen molar-refractivity contribution in [2.24, 2.45) is 10.8 Å². The van der Waals surface area contributed by atoms with E-state index >= 15 is 0 Å². The van der Waals surface area contributed by atoms with E-state index in [2.05, 4.69) is 73.2 Å². The maximum absolute atomic E-state index is 3.76. The van der Waals surface area contributed by atoms with Crippen LogP contribution in [0.15, 0.2) is 28.7 Å². The highest BCUT2D eigenvalue weighted by atomic mass is 79.9. The lowest BCUT2D eigenvalue weighted by atomic mass is 9.63. The van der Waals surface area contributed by atoms with Gasteiger partial charge in [0.15, 0.2) is 0 Å². The van der Waals surface area contributed by atoms with Crippen molar-refractivity contribution < 1.29 is 0 Å². The lowest BCUT2D eigenvalue weighted by Gasteiger charge is -2.45. The van der Waals surface area contributed by atoms with Gasteiger partial charge in [0.2, 0.25) is 0 Å². The first-order valence-corrected chi connectivity index (χ1v) is 8.03. The Labute approximate surface area is 126 Å². The first kappa shape index (κ1) is 15.1. The monoisotopic (exact) mass is 323 g/mol. The van der Waals surface area contributed by atoms with Crippen molar-refractivity contribution in [2.75, 3.05) is 0 Å². The molecule has 1 aliphatic rings. The molecule has 1 aromatic carbocycles. The van der Waals surface area contributed by atoms with Crippen LogP contribution in [0.1, 0.15) is 52.5 Å². The van der Waals surface area contributed by atoms with Crippen LogP contribution in [-0.4, -0.2) is 6.04 Å². The van der Waals surface area contributed by atoms with E-state index in [-0.39, 0.29) is 0 Å². The molecule has 19 heavy (non-hydrogen) atoms. The second-order valence-corrected chi connectivity index (χ2v) is 8.54. The Bertz CT molecular complexity index is 421. The fourth-order valence-corrected chi connectivity index (χ4v) is 4.35. The van der Waals surface area contributed by atoms with Crippen LogP contribution in [0.3, 0.4) is 0 Å². The quantitative estimate of drug-likeness (QED) is 0.811. The van der Waals surface area contributed by atoms with Gasteiger partial charge in [-0.3, -0.25) is 0 Å². The molecule has 0 amide bonds. The molecule has 1 nitrogen and oxygen atoms in total. The molecule has 0 saturated heterocycles. The van der Waals surface area contributed by atoms with Crippen molar-refractivity contribution in [3.05, 3.63) is 34.3 Å². The van der Waals surface area contributed by atoms with Gasteiger partial charge in [-0.1, -0.05) is 55.8 Å². The summed E-state index contributed by atoms with van der Waals surface area (Å²) in [5.74, 6) is 0. The van der Waals surface area contributed by atoms with E-state index in [1.807, 2.05) is 0 Å². The van der Waals surface area contributed by atoms with Crippen molar-refractivity contribution in [1.82, 2.24) is 5.32 Å². The van der Waals surface area contributed by atoms with Gasteiger partial charge in [-0.2, -0.15) is 0 Å². The molecule has 2 rings (SSSR count). The third kappa shape index (κ3) is 4.61. The Morgan fingerprint density at radius 3 is 2.37 bits per heavy atom. The Morgan fingerprint density at radius 2 is 1.79 bits per heavy atom. The van der Waals surface area contributed by atoms with Crippen LogP contribution in [0.4, 0.5) is 0 Å². The van der Waals surface area contributed by atoms with Crippen LogP contribution in [0, 0.1) is 10.8 Å². The van der Waals surface area contributed by atoms with Crippen molar-refractivity contribution >= 4 is 15.9 Å². The molecule has 1 aromatic rings. The molecular formula is C17H26BrN. The molecule has 0 aromatic heterocycles. The average molecular weight is 324 g/mol. The zero-order valence-corrected chi connectivity index (χ0v) is 14.2. The van der Waals surface area contributed by atoms with Gasteiger partial charge in [0, 0.05) is 17.1 Å². The minimum absolute atomic E-state index is 0.455. The molecule has 1 saturated carbocycles. The number of halogens is 1. The summed E-state index contributed by atoms with van der Waals surface area (Å²) < 4.78 is 1.16. The predicted molar refractivity (Wildman–Crippen MR) is 86.2 cm³/mol. The number of nitrogens with one attached hydrogen (secondary N) is 1. The molecule has 0 atom stereocenters. The molecular weight excluding hydrogens is 298 g/mol. The van der Waals surface area contributed by atoms with E-state index in [4.69, 9.17) is 0 Å². The lowest BCUT2D eigenvalue weighted by Crippen LogP contribution is -2.43. The molecule has 0 unspecified atom stereocenters. The summed E-state index contributed by atoms with van der Waals surface area (Å²) >= 11 is 3.54. The van der Waals surface area contributed by atoms with Crippen LogP contribution in [-0.2, 0) is 6.54 Å². The molecule has 0 aliphatic heterocycles. The fraction of sp³-hybridized carbons (Fsp3) is 0.647.